The summed E-state index contributed by atoms with van der Waals surface area (Å²) in [5.74, 6) is 0.693. The van der Waals surface area contributed by atoms with E-state index in [4.69, 9.17) is 0 Å². The van der Waals surface area contributed by atoms with Gasteiger partial charge in [0.1, 0.15) is 5.56 Å². The van der Waals surface area contributed by atoms with Crippen molar-refractivity contribution < 1.29 is 4.79 Å². The average Bonchev–Trinajstić information content (AvgIpc) is 2.89. The molecule has 0 bridgehead atoms. The molecule has 0 aliphatic carbocycles. The molecule has 0 aliphatic heterocycles. The Labute approximate surface area is 125 Å². The minimum atomic E-state index is -0.0918. The van der Waals surface area contributed by atoms with Gasteiger partial charge in [0.2, 0.25) is 0 Å². The summed E-state index contributed by atoms with van der Waals surface area (Å²) in [5, 5.41) is 7.06. The van der Waals surface area contributed by atoms with E-state index in [2.05, 4.69) is 29.2 Å². The van der Waals surface area contributed by atoms with Crippen molar-refractivity contribution in [2.45, 2.75) is 46.0 Å². The maximum atomic E-state index is 12.1. The molecule has 0 atom stereocenters. The molecule has 0 fully saturated rings. The normalized spacial score (nSPS) is 11.2. The van der Waals surface area contributed by atoms with Crippen molar-refractivity contribution in [3.05, 3.63) is 30.2 Å². The Bertz CT molecular complexity index is 576. The maximum absolute atomic E-state index is 12.1. The molecular formula is C16H24N4O. The number of nitrogens with one attached hydrogen (secondary N) is 1. The van der Waals surface area contributed by atoms with Gasteiger partial charge in [-0.15, -0.1) is 0 Å². The van der Waals surface area contributed by atoms with E-state index in [1.165, 1.54) is 25.7 Å². The molecule has 2 aromatic rings. The second-order valence-electron chi connectivity index (χ2n) is 5.80. The van der Waals surface area contributed by atoms with Crippen LogP contribution < -0.4 is 5.32 Å². The minimum absolute atomic E-state index is 0.0918. The van der Waals surface area contributed by atoms with Crippen molar-refractivity contribution in [1.82, 2.24) is 19.9 Å². The second-order valence-corrected chi connectivity index (χ2v) is 5.80. The highest BCUT2D eigenvalue weighted by atomic mass is 16.1. The lowest BCUT2D eigenvalue weighted by atomic mass is 10.0. The monoisotopic (exact) mass is 288 g/mol. The summed E-state index contributed by atoms with van der Waals surface area (Å²) in [7, 11) is 0. The highest BCUT2D eigenvalue weighted by Gasteiger charge is 2.12. The largest absolute Gasteiger partial charge is 0.352 e. The Morgan fingerprint density at radius 3 is 2.90 bits per heavy atom. The van der Waals surface area contributed by atoms with E-state index in [1.807, 2.05) is 0 Å². The molecular weight excluding hydrogens is 264 g/mol. The number of unbranched alkanes of at least 4 members (excludes halogenated alkanes) is 3. The van der Waals surface area contributed by atoms with Gasteiger partial charge in [0.15, 0.2) is 5.65 Å². The van der Waals surface area contributed by atoms with Crippen molar-refractivity contribution in [3.8, 4) is 0 Å². The van der Waals surface area contributed by atoms with Crippen LogP contribution in [0.2, 0.25) is 0 Å². The maximum Gasteiger partial charge on any atom is 0.256 e. The average molecular weight is 288 g/mol. The molecule has 2 heterocycles. The Morgan fingerprint density at radius 2 is 2.10 bits per heavy atom. The number of aromatic nitrogens is 3. The van der Waals surface area contributed by atoms with Crippen LogP contribution in [-0.2, 0) is 0 Å². The first-order valence-corrected chi connectivity index (χ1v) is 7.75. The fraction of sp³-hybridized carbons (Fsp3) is 0.562. The van der Waals surface area contributed by atoms with E-state index in [-0.39, 0.29) is 5.91 Å². The predicted molar refractivity (Wildman–Crippen MR) is 83.2 cm³/mol. The van der Waals surface area contributed by atoms with Gasteiger partial charge in [-0.2, -0.15) is 5.10 Å². The van der Waals surface area contributed by atoms with Gasteiger partial charge in [0, 0.05) is 18.9 Å². The van der Waals surface area contributed by atoms with Crippen LogP contribution in [0, 0.1) is 5.92 Å². The van der Waals surface area contributed by atoms with Crippen LogP contribution in [0.4, 0.5) is 0 Å². The molecule has 0 saturated heterocycles. The quantitative estimate of drug-likeness (QED) is 0.759. The molecule has 0 aliphatic rings. The van der Waals surface area contributed by atoms with Crippen molar-refractivity contribution in [1.29, 1.82) is 0 Å². The fourth-order valence-electron chi connectivity index (χ4n) is 2.32. The number of carbonyl (C=O) groups is 1. The van der Waals surface area contributed by atoms with Crippen LogP contribution in [0.5, 0.6) is 0 Å². The van der Waals surface area contributed by atoms with Crippen LogP contribution in [0.25, 0.3) is 5.65 Å². The molecule has 0 radical (unpaired) electrons. The molecule has 0 saturated carbocycles. The van der Waals surface area contributed by atoms with Crippen molar-refractivity contribution in [2.24, 2.45) is 5.92 Å². The summed E-state index contributed by atoms with van der Waals surface area (Å²) >= 11 is 0. The van der Waals surface area contributed by atoms with Gasteiger partial charge in [-0.3, -0.25) is 4.79 Å². The first-order valence-electron chi connectivity index (χ1n) is 7.75. The van der Waals surface area contributed by atoms with Gasteiger partial charge in [0.25, 0.3) is 5.91 Å². The molecule has 21 heavy (non-hydrogen) atoms. The molecule has 2 rings (SSSR count). The van der Waals surface area contributed by atoms with Crippen LogP contribution >= 0.6 is 0 Å². The number of hydrogen-bond donors (Lipinski definition) is 1. The van der Waals surface area contributed by atoms with E-state index < -0.39 is 0 Å². The minimum Gasteiger partial charge on any atom is -0.352 e. The third kappa shape index (κ3) is 4.55. The first-order chi connectivity index (χ1) is 10.2. The van der Waals surface area contributed by atoms with Crippen molar-refractivity contribution in [3.63, 3.8) is 0 Å². The van der Waals surface area contributed by atoms with Crippen molar-refractivity contribution >= 4 is 11.6 Å². The van der Waals surface area contributed by atoms with Gasteiger partial charge < -0.3 is 5.32 Å². The Balaban J connectivity index is 1.70. The Kier molecular flexibility index (Phi) is 5.72. The number of carbonyl (C=O) groups excluding carboxylic acids is 1. The van der Waals surface area contributed by atoms with Gasteiger partial charge in [-0.25, -0.2) is 9.50 Å². The number of amides is 1. The fourth-order valence-corrected chi connectivity index (χ4v) is 2.32. The Hall–Kier alpha value is -1.91. The van der Waals surface area contributed by atoms with Gasteiger partial charge in [0.05, 0.1) is 6.20 Å². The molecule has 114 valence electrons. The number of nitrogens with zero attached hydrogens (tertiary/aromatic N) is 3. The molecule has 1 amide bonds. The summed E-state index contributed by atoms with van der Waals surface area (Å²) in [5.41, 5.74) is 1.14. The standard InChI is InChI=1S/C16H24N4O/c1-13(2)8-5-3-4-6-9-18-16(21)14-12-19-20-11-7-10-17-15(14)20/h7,10-13H,3-6,8-9H2,1-2H3,(H,18,21). The van der Waals surface area contributed by atoms with Crippen LogP contribution in [0.3, 0.4) is 0 Å². The van der Waals surface area contributed by atoms with E-state index in [9.17, 15) is 4.79 Å². The van der Waals surface area contributed by atoms with Gasteiger partial charge >= 0.3 is 0 Å². The predicted octanol–water partition coefficient (Wildman–Crippen LogP) is 3.07. The van der Waals surface area contributed by atoms with Gasteiger partial charge in [-0.1, -0.05) is 39.5 Å². The molecule has 5 heteroatoms. The first kappa shape index (κ1) is 15.5. The molecule has 0 unspecified atom stereocenters. The SMILES string of the molecule is CC(C)CCCCCCNC(=O)c1cnn2cccnc12. The lowest BCUT2D eigenvalue weighted by Gasteiger charge is -2.05. The topological polar surface area (TPSA) is 59.3 Å². The number of rotatable bonds is 8. The third-order valence-electron chi connectivity index (χ3n) is 3.52. The van der Waals surface area contributed by atoms with Crippen LogP contribution in [-0.4, -0.2) is 27.0 Å². The smallest absolute Gasteiger partial charge is 0.256 e. The highest BCUT2D eigenvalue weighted by molar-refractivity contribution is 5.99. The third-order valence-corrected chi connectivity index (χ3v) is 3.52. The summed E-state index contributed by atoms with van der Waals surface area (Å²) in [6, 6.07) is 1.79. The lowest BCUT2D eigenvalue weighted by molar-refractivity contribution is 0.0954. The van der Waals surface area contributed by atoms with Crippen LogP contribution in [0.15, 0.2) is 24.7 Å². The molecule has 0 aromatic carbocycles. The highest BCUT2D eigenvalue weighted by Crippen LogP contribution is 2.09. The molecule has 0 spiro atoms. The number of fused-ring (bicyclic) bond motifs is 1. The van der Waals surface area contributed by atoms with Gasteiger partial charge in [-0.05, 0) is 18.4 Å². The second kappa shape index (κ2) is 7.76. The van der Waals surface area contributed by atoms with Crippen molar-refractivity contribution in [2.75, 3.05) is 6.54 Å². The summed E-state index contributed by atoms with van der Waals surface area (Å²) < 4.78 is 1.61. The molecule has 1 N–H and O–H groups in total. The van der Waals surface area contributed by atoms with E-state index in [0.717, 1.165) is 12.3 Å². The Morgan fingerprint density at radius 1 is 1.29 bits per heavy atom. The zero-order valence-corrected chi connectivity index (χ0v) is 12.9. The zero-order chi connectivity index (χ0) is 15.1. The van der Waals surface area contributed by atoms with E-state index >= 15 is 0 Å². The lowest BCUT2D eigenvalue weighted by Crippen LogP contribution is -2.24. The molecule has 5 nitrogen and oxygen atoms in total. The van der Waals surface area contributed by atoms with E-state index in [0.29, 0.717) is 17.8 Å². The summed E-state index contributed by atoms with van der Waals surface area (Å²) in [4.78, 5) is 16.3. The molecule has 2 aromatic heterocycles. The zero-order valence-electron chi connectivity index (χ0n) is 12.9. The van der Waals surface area contributed by atoms with E-state index in [1.54, 1.807) is 29.2 Å². The summed E-state index contributed by atoms with van der Waals surface area (Å²) in [6.45, 7) is 5.22. The number of hydrogen-bond acceptors (Lipinski definition) is 3. The summed E-state index contributed by atoms with van der Waals surface area (Å²) in [6.07, 6.45) is 11.0. The van der Waals surface area contributed by atoms with Crippen LogP contribution in [0.1, 0.15) is 56.3 Å².